The lowest BCUT2D eigenvalue weighted by molar-refractivity contribution is 0.0949. The molecule has 18 heavy (non-hydrogen) atoms. The number of nitrogens with zero attached hydrogens (tertiary/aromatic N) is 4. The van der Waals surface area contributed by atoms with E-state index in [4.69, 9.17) is 5.73 Å². The monoisotopic (exact) mass is 249 g/mol. The molecule has 0 fully saturated rings. The van der Waals surface area contributed by atoms with Crippen LogP contribution >= 0.6 is 0 Å². The zero-order valence-corrected chi connectivity index (χ0v) is 9.83. The Hall–Kier alpha value is -2.22. The maximum absolute atomic E-state index is 11.7. The van der Waals surface area contributed by atoms with Crippen molar-refractivity contribution >= 4 is 5.91 Å². The second kappa shape index (κ2) is 5.92. The Bertz CT molecular complexity index is 490. The third-order valence-corrected chi connectivity index (χ3v) is 2.33. The minimum atomic E-state index is -0.246. The van der Waals surface area contributed by atoms with E-state index < -0.39 is 0 Å². The van der Waals surface area contributed by atoms with E-state index in [0.717, 1.165) is 5.82 Å². The largest absolute Gasteiger partial charge is 0.350 e. The van der Waals surface area contributed by atoms with E-state index in [0.29, 0.717) is 31.7 Å². The Morgan fingerprint density at radius 1 is 1.56 bits per heavy atom. The van der Waals surface area contributed by atoms with Gasteiger partial charge in [-0.05, 0) is 0 Å². The van der Waals surface area contributed by atoms with Crippen LogP contribution in [0.3, 0.4) is 0 Å². The summed E-state index contributed by atoms with van der Waals surface area (Å²) >= 11 is 0. The first kappa shape index (κ1) is 12.2. The number of carbonyl (C=O) groups is 1. The van der Waals surface area contributed by atoms with Crippen molar-refractivity contribution in [3.63, 3.8) is 0 Å². The molecule has 0 spiro atoms. The van der Waals surface area contributed by atoms with Gasteiger partial charge in [0.1, 0.15) is 5.82 Å². The molecule has 0 saturated carbocycles. The predicted octanol–water partition coefficient (Wildman–Crippen LogP) is -1.07. The number of amides is 1. The second-order valence-electron chi connectivity index (χ2n) is 3.70. The minimum absolute atomic E-state index is 0.246. The number of imidazole rings is 1. The van der Waals surface area contributed by atoms with Crippen molar-refractivity contribution in [2.75, 3.05) is 13.1 Å². The smallest absolute Gasteiger partial charge is 0.273 e. The Kier molecular flexibility index (Phi) is 4.02. The SMILES string of the molecule is NCCn1cc(C(=O)NCCc2ncc[nH]2)nn1. The van der Waals surface area contributed by atoms with Crippen LogP contribution in [0.5, 0.6) is 0 Å². The molecule has 2 aromatic heterocycles. The number of rotatable bonds is 6. The van der Waals surface area contributed by atoms with Crippen LogP contribution in [0.1, 0.15) is 16.3 Å². The summed E-state index contributed by atoms with van der Waals surface area (Å²) in [5.74, 6) is 0.590. The van der Waals surface area contributed by atoms with Gasteiger partial charge >= 0.3 is 0 Å². The fraction of sp³-hybridized carbons (Fsp3) is 0.400. The van der Waals surface area contributed by atoms with Gasteiger partial charge in [0.05, 0.1) is 12.7 Å². The number of nitrogens with one attached hydrogen (secondary N) is 2. The van der Waals surface area contributed by atoms with E-state index in [2.05, 4.69) is 25.6 Å². The average Bonchev–Trinajstić information content (AvgIpc) is 3.00. The first-order chi connectivity index (χ1) is 8.79. The number of hydrogen-bond donors (Lipinski definition) is 3. The number of hydrogen-bond acceptors (Lipinski definition) is 5. The third-order valence-electron chi connectivity index (χ3n) is 2.33. The highest BCUT2D eigenvalue weighted by atomic mass is 16.2. The van der Waals surface area contributed by atoms with Crippen LogP contribution in [0.4, 0.5) is 0 Å². The summed E-state index contributed by atoms with van der Waals surface area (Å²) in [6.45, 7) is 1.51. The molecule has 0 atom stereocenters. The van der Waals surface area contributed by atoms with Crippen LogP contribution in [-0.4, -0.2) is 44.0 Å². The molecule has 8 nitrogen and oxygen atoms in total. The van der Waals surface area contributed by atoms with E-state index >= 15 is 0 Å². The standard InChI is InChI=1S/C10H15N7O/c11-2-6-17-7-8(15-16-17)10(18)14-3-1-9-12-4-5-13-9/h4-5,7H,1-3,6,11H2,(H,12,13)(H,14,18). The van der Waals surface area contributed by atoms with E-state index in [1.807, 2.05) is 0 Å². The van der Waals surface area contributed by atoms with Crippen molar-refractivity contribution in [2.45, 2.75) is 13.0 Å². The van der Waals surface area contributed by atoms with Crippen molar-refractivity contribution in [3.8, 4) is 0 Å². The summed E-state index contributed by atoms with van der Waals surface area (Å²) in [7, 11) is 0. The van der Waals surface area contributed by atoms with Crippen LogP contribution in [0.15, 0.2) is 18.6 Å². The van der Waals surface area contributed by atoms with E-state index in [1.54, 1.807) is 23.3 Å². The molecule has 0 aromatic carbocycles. The normalized spacial score (nSPS) is 10.5. The van der Waals surface area contributed by atoms with Gasteiger partial charge in [-0.2, -0.15) is 0 Å². The minimum Gasteiger partial charge on any atom is -0.350 e. The molecule has 0 radical (unpaired) electrons. The highest BCUT2D eigenvalue weighted by Crippen LogP contribution is 1.93. The summed E-state index contributed by atoms with van der Waals surface area (Å²) in [5.41, 5.74) is 5.68. The molecule has 0 aliphatic rings. The van der Waals surface area contributed by atoms with Crippen molar-refractivity contribution in [1.82, 2.24) is 30.3 Å². The summed E-state index contributed by atoms with van der Waals surface area (Å²) in [6.07, 6.45) is 5.65. The molecule has 96 valence electrons. The average molecular weight is 249 g/mol. The number of nitrogens with two attached hydrogens (primary N) is 1. The summed E-state index contributed by atoms with van der Waals surface area (Å²) in [6, 6.07) is 0. The highest BCUT2D eigenvalue weighted by Gasteiger charge is 2.09. The first-order valence-electron chi connectivity index (χ1n) is 5.66. The second-order valence-corrected chi connectivity index (χ2v) is 3.70. The quantitative estimate of drug-likeness (QED) is 0.603. The molecular weight excluding hydrogens is 234 g/mol. The fourth-order valence-corrected chi connectivity index (χ4v) is 1.46. The van der Waals surface area contributed by atoms with E-state index in [1.165, 1.54) is 0 Å². The molecular formula is C10H15N7O. The number of carbonyl (C=O) groups excluding carboxylic acids is 1. The lowest BCUT2D eigenvalue weighted by Crippen LogP contribution is -2.26. The molecule has 2 rings (SSSR count). The molecule has 1 amide bonds. The number of aromatic nitrogens is 5. The maximum Gasteiger partial charge on any atom is 0.273 e. The van der Waals surface area contributed by atoms with Gasteiger partial charge in [-0.1, -0.05) is 5.21 Å². The number of aromatic amines is 1. The predicted molar refractivity (Wildman–Crippen MR) is 63.7 cm³/mol. The molecule has 2 aromatic rings. The van der Waals surface area contributed by atoms with Gasteiger partial charge in [0.15, 0.2) is 5.69 Å². The zero-order chi connectivity index (χ0) is 12.8. The van der Waals surface area contributed by atoms with Gasteiger partial charge in [0.25, 0.3) is 5.91 Å². The van der Waals surface area contributed by atoms with Gasteiger partial charge in [-0.3, -0.25) is 9.48 Å². The Morgan fingerprint density at radius 3 is 3.17 bits per heavy atom. The van der Waals surface area contributed by atoms with Gasteiger partial charge in [-0.15, -0.1) is 5.10 Å². The zero-order valence-electron chi connectivity index (χ0n) is 9.83. The maximum atomic E-state index is 11.7. The summed E-state index contributed by atoms with van der Waals surface area (Å²) in [4.78, 5) is 18.7. The van der Waals surface area contributed by atoms with Gasteiger partial charge in [-0.25, -0.2) is 4.98 Å². The Labute approximate surface area is 104 Å². The Balaban J connectivity index is 1.80. The van der Waals surface area contributed by atoms with Gasteiger partial charge < -0.3 is 16.0 Å². The highest BCUT2D eigenvalue weighted by molar-refractivity contribution is 5.91. The molecule has 0 unspecified atom stereocenters. The third kappa shape index (κ3) is 3.14. The lowest BCUT2D eigenvalue weighted by Gasteiger charge is -2.00. The molecule has 0 bridgehead atoms. The molecule has 0 aliphatic heterocycles. The summed E-state index contributed by atoms with van der Waals surface area (Å²) in [5, 5.41) is 10.3. The van der Waals surface area contributed by atoms with E-state index in [-0.39, 0.29) is 5.91 Å². The van der Waals surface area contributed by atoms with Crippen LogP contribution < -0.4 is 11.1 Å². The summed E-state index contributed by atoms with van der Waals surface area (Å²) < 4.78 is 1.54. The van der Waals surface area contributed by atoms with Crippen molar-refractivity contribution in [3.05, 3.63) is 30.1 Å². The fourth-order valence-electron chi connectivity index (χ4n) is 1.46. The number of H-pyrrole nitrogens is 1. The van der Waals surface area contributed by atoms with Gasteiger partial charge in [0.2, 0.25) is 0 Å². The van der Waals surface area contributed by atoms with Crippen LogP contribution in [0, 0.1) is 0 Å². The first-order valence-corrected chi connectivity index (χ1v) is 5.66. The van der Waals surface area contributed by atoms with Crippen molar-refractivity contribution in [1.29, 1.82) is 0 Å². The van der Waals surface area contributed by atoms with E-state index in [9.17, 15) is 4.79 Å². The van der Waals surface area contributed by atoms with Crippen LogP contribution in [0.2, 0.25) is 0 Å². The molecule has 0 saturated heterocycles. The van der Waals surface area contributed by atoms with Crippen molar-refractivity contribution < 1.29 is 4.79 Å². The Morgan fingerprint density at radius 2 is 2.44 bits per heavy atom. The topological polar surface area (TPSA) is 115 Å². The molecule has 8 heteroatoms. The molecule has 2 heterocycles. The molecule has 4 N–H and O–H groups in total. The van der Waals surface area contributed by atoms with Gasteiger partial charge in [0, 0.05) is 31.9 Å². The van der Waals surface area contributed by atoms with Crippen molar-refractivity contribution in [2.24, 2.45) is 5.73 Å². The van der Waals surface area contributed by atoms with Crippen LogP contribution in [0.25, 0.3) is 0 Å². The molecule has 0 aliphatic carbocycles. The van der Waals surface area contributed by atoms with Crippen LogP contribution in [-0.2, 0) is 13.0 Å². The lowest BCUT2D eigenvalue weighted by atomic mass is 10.3.